The number of nitrogens with one attached hydrogen (secondary N) is 1. The van der Waals surface area contributed by atoms with E-state index >= 15 is 0 Å². The molecular formula is C13H21NO2S. The van der Waals surface area contributed by atoms with Gasteiger partial charge in [-0.25, -0.2) is 8.93 Å². The molecule has 1 aromatic rings. The molecule has 0 aliphatic rings. The van der Waals surface area contributed by atoms with Gasteiger partial charge in [0.15, 0.2) is 0 Å². The lowest BCUT2D eigenvalue weighted by atomic mass is 10.1. The van der Waals surface area contributed by atoms with Crippen LogP contribution >= 0.6 is 0 Å². The van der Waals surface area contributed by atoms with E-state index in [-0.39, 0.29) is 17.4 Å². The number of aliphatic hydroxyl groups excluding tert-OH is 1. The van der Waals surface area contributed by atoms with E-state index in [1.165, 1.54) is 0 Å². The molecule has 1 rings (SSSR count). The Bertz CT molecular complexity index is 381. The first-order chi connectivity index (χ1) is 7.84. The molecule has 0 amide bonds. The Labute approximate surface area is 106 Å². The molecule has 4 heteroatoms. The predicted molar refractivity (Wildman–Crippen MR) is 71.8 cm³/mol. The monoisotopic (exact) mass is 255 g/mol. The molecule has 0 aliphatic carbocycles. The van der Waals surface area contributed by atoms with Crippen LogP contribution in [0.1, 0.15) is 44.9 Å². The van der Waals surface area contributed by atoms with Crippen molar-refractivity contribution in [1.82, 2.24) is 4.72 Å². The molecule has 0 saturated carbocycles. The molecule has 0 aromatic heterocycles. The van der Waals surface area contributed by atoms with Gasteiger partial charge in [0, 0.05) is 6.04 Å². The molecular weight excluding hydrogens is 234 g/mol. The summed E-state index contributed by atoms with van der Waals surface area (Å²) in [5.41, 5.74) is 1.96. The van der Waals surface area contributed by atoms with Gasteiger partial charge in [0.05, 0.1) is 22.3 Å². The van der Waals surface area contributed by atoms with Crippen LogP contribution in [0.15, 0.2) is 24.3 Å². The fourth-order valence-electron chi connectivity index (χ4n) is 1.32. The molecule has 3 nitrogen and oxygen atoms in total. The van der Waals surface area contributed by atoms with Gasteiger partial charge in [0.2, 0.25) is 0 Å². The summed E-state index contributed by atoms with van der Waals surface area (Å²) in [7, 11) is -1.07. The molecule has 1 aromatic carbocycles. The molecule has 0 saturated heterocycles. The lowest BCUT2D eigenvalue weighted by molar-refractivity contribution is 0.282. The highest BCUT2D eigenvalue weighted by atomic mass is 32.2. The standard InChI is InChI=1S/C13H21NO2S/c1-10(14-17(16)13(2,3)4)12-7-5-11(9-15)6-8-12/h5-8,10,14-15H,9H2,1-4H3. The second kappa shape index (κ2) is 5.76. The van der Waals surface area contributed by atoms with Crippen molar-refractivity contribution >= 4 is 11.0 Å². The largest absolute Gasteiger partial charge is 0.392 e. The normalized spacial score (nSPS) is 15.6. The third-order valence-corrected chi connectivity index (χ3v) is 4.18. The van der Waals surface area contributed by atoms with Gasteiger partial charge in [-0.15, -0.1) is 0 Å². The summed E-state index contributed by atoms with van der Waals surface area (Å²) in [6, 6.07) is 7.69. The van der Waals surface area contributed by atoms with Crippen LogP contribution in [0.25, 0.3) is 0 Å². The summed E-state index contributed by atoms with van der Waals surface area (Å²) in [6.07, 6.45) is 0. The Hall–Kier alpha value is -0.710. The van der Waals surface area contributed by atoms with Crippen molar-refractivity contribution < 1.29 is 9.32 Å². The van der Waals surface area contributed by atoms with Gasteiger partial charge < -0.3 is 5.11 Å². The zero-order valence-corrected chi connectivity index (χ0v) is 11.7. The molecule has 96 valence electrons. The number of benzene rings is 1. The fourth-order valence-corrected chi connectivity index (χ4v) is 2.13. The third kappa shape index (κ3) is 4.22. The first kappa shape index (κ1) is 14.4. The quantitative estimate of drug-likeness (QED) is 0.867. The molecule has 0 fully saturated rings. The average molecular weight is 255 g/mol. The van der Waals surface area contributed by atoms with Gasteiger partial charge in [-0.05, 0) is 38.8 Å². The topological polar surface area (TPSA) is 49.3 Å². The predicted octanol–water partition coefficient (Wildman–Crippen LogP) is 2.29. The van der Waals surface area contributed by atoms with E-state index < -0.39 is 11.0 Å². The van der Waals surface area contributed by atoms with Crippen LogP contribution in [0.4, 0.5) is 0 Å². The van der Waals surface area contributed by atoms with Crippen molar-refractivity contribution in [3.05, 3.63) is 35.4 Å². The molecule has 0 spiro atoms. The van der Waals surface area contributed by atoms with Gasteiger partial charge in [-0.2, -0.15) is 0 Å². The smallest absolute Gasteiger partial charge is 0.0975 e. The van der Waals surface area contributed by atoms with E-state index in [1.54, 1.807) is 0 Å². The number of hydrogen-bond acceptors (Lipinski definition) is 2. The summed E-state index contributed by atoms with van der Waals surface area (Å²) in [5.74, 6) is 0. The van der Waals surface area contributed by atoms with E-state index in [4.69, 9.17) is 5.11 Å². The second-order valence-corrected chi connectivity index (χ2v) is 7.12. The minimum absolute atomic E-state index is 0.0304. The maximum absolute atomic E-state index is 11.9. The van der Waals surface area contributed by atoms with Crippen LogP contribution < -0.4 is 4.72 Å². The van der Waals surface area contributed by atoms with Crippen molar-refractivity contribution in [2.24, 2.45) is 0 Å². The molecule has 17 heavy (non-hydrogen) atoms. The maximum atomic E-state index is 11.9. The summed E-state index contributed by atoms with van der Waals surface area (Å²) >= 11 is 0. The van der Waals surface area contributed by atoms with E-state index in [0.717, 1.165) is 11.1 Å². The van der Waals surface area contributed by atoms with Crippen LogP contribution in [0, 0.1) is 0 Å². The van der Waals surface area contributed by atoms with Crippen LogP contribution in [-0.2, 0) is 17.6 Å². The van der Waals surface area contributed by atoms with E-state index in [0.29, 0.717) is 0 Å². The second-order valence-electron chi connectivity index (χ2n) is 5.12. The van der Waals surface area contributed by atoms with Crippen molar-refractivity contribution in [2.45, 2.75) is 45.1 Å². The summed E-state index contributed by atoms with van der Waals surface area (Å²) in [6.45, 7) is 7.86. The first-order valence-electron chi connectivity index (χ1n) is 5.72. The highest BCUT2D eigenvalue weighted by Crippen LogP contribution is 2.17. The van der Waals surface area contributed by atoms with Gasteiger partial charge >= 0.3 is 0 Å². The van der Waals surface area contributed by atoms with Crippen LogP contribution in [0.3, 0.4) is 0 Å². The maximum Gasteiger partial charge on any atom is 0.0975 e. The van der Waals surface area contributed by atoms with Gasteiger partial charge in [-0.1, -0.05) is 24.3 Å². The molecule has 0 radical (unpaired) electrons. The van der Waals surface area contributed by atoms with Gasteiger partial charge in [0.1, 0.15) is 0 Å². The Morgan fingerprint density at radius 2 is 1.82 bits per heavy atom. The SMILES string of the molecule is CC(NS(=O)C(C)(C)C)c1ccc(CO)cc1. The van der Waals surface area contributed by atoms with Crippen molar-refractivity contribution in [3.63, 3.8) is 0 Å². The van der Waals surface area contributed by atoms with Crippen LogP contribution in [0.5, 0.6) is 0 Å². The number of rotatable bonds is 4. The highest BCUT2D eigenvalue weighted by molar-refractivity contribution is 7.84. The van der Waals surface area contributed by atoms with Gasteiger partial charge in [0.25, 0.3) is 0 Å². The zero-order chi connectivity index (χ0) is 13.1. The Kier molecular flexibility index (Phi) is 4.86. The Balaban J connectivity index is 2.70. The minimum atomic E-state index is -1.07. The van der Waals surface area contributed by atoms with Gasteiger partial charge in [-0.3, -0.25) is 0 Å². The van der Waals surface area contributed by atoms with Crippen LogP contribution in [-0.4, -0.2) is 14.1 Å². The highest BCUT2D eigenvalue weighted by Gasteiger charge is 2.21. The third-order valence-electron chi connectivity index (χ3n) is 2.50. The molecule has 2 atom stereocenters. The fraction of sp³-hybridized carbons (Fsp3) is 0.538. The summed E-state index contributed by atoms with van der Waals surface area (Å²) in [5, 5.41) is 8.95. The Morgan fingerprint density at radius 3 is 2.24 bits per heavy atom. The zero-order valence-electron chi connectivity index (χ0n) is 10.9. The van der Waals surface area contributed by atoms with Crippen molar-refractivity contribution in [2.75, 3.05) is 0 Å². The summed E-state index contributed by atoms with van der Waals surface area (Å²) in [4.78, 5) is 0. The van der Waals surface area contributed by atoms with E-state index in [1.807, 2.05) is 52.0 Å². The molecule has 0 bridgehead atoms. The van der Waals surface area contributed by atoms with Crippen LogP contribution in [0.2, 0.25) is 0 Å². The van der Waals surface area contributed by atoms with Crippen molar-refractivity contribution in [3.8, 4) is 0 Å². The minimum Gasteiger partial charge on any atom is -0.392 e. The van der Waals surface area contributed by atoms with E-state index in [2.05, 4.69) is 4.72 Å². The average Bonchev–Trinajstić information content (AvgIpc) is 2.27. The Morgan fingerprint density at radius 1 is 1.29 bits per heavy atom. The van der Waals surface area contributed by atoms with Crippen molar-refractivity contribution in [1.29, 1.82) is 0 Å². The first-order valence-corrected chi connectivity index (χ1v) is 6.87. The number of aliphatic hydroxyl groups is 1. The molecule has 0 heterocycles. The summed E-state index contributed by atoms with van der Waals surface area (Å²) < 4.78 is 14.8. The molecule has 2 N–H and O–H groups in total. The molecule has 0 aliphatic heterocycles. The lowest BCUT2D eigenvalue weighted by Crippen LogP contribution is -2.34. The molecule has 2 unspecified atom stereocenters. The lowest BCUT2D eigenvalue weighted by Gasteiger charge is -2.22. The number of hydrogen-bond donors (Lipinski definition) is 2. The van der Waals surface area contributed by atoms with E-state index in [9.17, 15) is 4.21 Å².